The molecule has 0 aromatic carbocycles. The fourth-order valence-corrected chi connectivity index (χ4v) is 2.90. The molecule has 122 valence electrons. The van der Waals surface area contributed by atoms with Crippen LogP contribution in [0, 0.1) is 12.8 Å². The van der Waals surface area contributed by atoms with Crippen molar-refractivity contribution in [2.45, 2.75) is 59.4 Å². The minimum absolute atomic E-state index is 0.122. The summed E-state index contributed by atoms with van der Waals surface area (Å²) in [5.74, 6) is 0.730. The zero-order valence-electron chi connectivity index (χ0n) is 14.1. The van der Waals surface area contributed by atoms with E-state index in [0.717, 1.165) is 24.3 Å². The first-order valence-corrected chi connectivity index (χ1v) is 9.14. The predicted molar refractivity (Wildman–Crippen MR) is 87.0 cm³/mol. The van der Waals surface area contributed by atoms with Gasteiger partial charge in [-0.3, -0.25) is 4.68 Å². The highest BCUT2D eigenvalue weighted by molar-refractivity contribution is 7.92. The van der Waals surface area contributed by atoms with Crippen molar-refractivity contribution in [3.8, 4) is 0 Å². The summed E-state index contributed by atoms with van der Waals surface area (Å²) in [6, 6.07) is 0. The molecule has 0 aliphatic heterocycles. The van der Waals surface area contributed by atoms with E-state index in [4.69, 9.17) is 0 Å². The van der Waals surface area contributed by atoms with Gasteiger partial charge in [-0.05, 0) is 40.2 Å². The maximum atomic E-state index is 12.1. The van der Waals surface area contributed by atoms with Crippen LogP contribution >= 0.6 is 0 Å². The Hall–Kier alpha value is -0.880. The molecule has 0 aliphatic rings. The van der Waals surface area contributed by atoms with E-state index in [-0.39, 0.29) is 5.75 Å². The first-order chi connectivity index (χ1) is 9.53. The fourth-order valence-electron chi connectivity index (χ4n) is 1.86. The molecule has 0 aliphatic carbocycles. The Morgan fingerprint density at radius 2 is 1.95 bits per heavy atom. The van der Waals surface area contributed by atoms with Crippen molar-refractivity contribution < 1.29 is 8.42 Å². The Kier molecular flexibility index (Phi) is 5.99. The zero-order chi connectivity index (χ0) is 16.3. The molecule has 0 unspecified atom stereocenters. The summed E-state index contributed by atoms with van der Waals surface area (Å²) in [6.45, 7) is 13.6. The van der Waals surface area contributed by atoms with Crippen LogP contribution in [0.1, 0.15) is 45.9 Å². The minimum atomic E-state index is -3.10. The minimum Gasteiger partial charge on any atom is -0.312 e. The highest BCUT2D eigenvalue weighted by Crippen LogP contribution is 2.16. The van der Waals surface area contributed by atoms with Gasteiger partial charge < -0.3 is 5.32 Å². The molecule has 0 radical (unpaired) electrons. The fraction of sp³-hybridized carbons (Fsp3) is 0.800. The number of hydrogen-bond acceptors (Lipinski definition) is 4. The maximum absolute atomic E-state index is 12.1. The molecule has 0 bridgehead atoms. The van der Waals surface area contributed by atoms with Crippen LogP contribution in [0.3, 0.4) is 0 Å². The second kappa shape index (κ2) is 6.92. The Balaban J connectivity index is 2.62. The number of sulfone groups is 1. The molecule has 1 rings (SSSR count). The van der Waals surface area contributed by atoms with Crippen LogP contribution in [0.2, 0.25) is 0 Å². The van der Waals surface area contributed by atoms with Gasteiger partial charge in [-0.25, -0.2) is 8.42 Å². The summed E-state index contributed by atoms with van der Waals surface area (Å²) >= 11 is 0. The number of nitrogens with zero attached hydrogens (tertiary/aromatic N) is 2. The largest absolute Gasteiger partial charge is 0.312 e. The van der Waals surface area contributed by atoms with Crippen molar-refractivity contribution in [3.63, 3.8) is 0 Å². The van der Waals surface area contributed by atoms with E-state index in [0.29, 0.717) is 12.5 Å². The highest BCUT2D eigenvalue weighted by atomic mass is 32.2. The second-order valence-electron chi connectivity index (χ2n) is 6.96. The molecule has 1 aromatic heterocycles. The molecule has 0 fully saturated rings. The van der Waals surface area contributed by atoms with E-state index in [1.54, 1.807) is 25.5 Å². The van der Waals surface area contributed by atoms with Crippen LogP contribution in [-0.2, 0) is 22.9 Å². The Bertz CT molecular complexity index is 554. The molecule has 0 spiro atoms. The molecule has 6 heteroatoms. The second-order valence-corrected chi connectivity index (χ2v) is 9.82. The summed E-state index contributed by atoms with van der Waals surface area (Å²) in [7, 11) is -3.10. The first-order valence-electron chi connectivity index (χ1n) is 7.49. The van der Waals surface area contributed by atoms with E-state index in [1.807, 2.05) is 13.1 Å². The average molecular weight is 315 g/mol. The Morgan fingerprint density at radius 1 is 1.33 bits per heavy atom. The van der Waals surface area contributed by atoms with Gasteiger partial charge in [-0.1, -0.05) is 13.8 Å². The Labute approximate surface area is 129 Å². The lowest BCUT2D eigenvalue weighted by molar-refractivity contribution is 0.546. The molecule has 1 aromatic rings. The van der Waals surface area contributed by atoms with Gasteiger partial charge in [0, 0.05) is 18.3 Å². The van der Waals surface area contributed by atoms with Gasteiger partial charge in [0.25, 0.3) is 0 Å². The van der Waals surface area contributed by atoms with Crippen LogP contribution in [0.15, 0.2) is 6.20 Å². The molecule has 21 heavy (non-hydrogen) atoms. The number of aryl methyl sites for hydroxylation is 2. The third kappa shape index (κ3) is 5.43. The highest BCUT2D eigenvalue weighted by Gasteiger charge is 2.28. The summed E-state index contributed by atoms with van der Waals surface area (Å²) in [5, 5.41) is 7.79. The van der Waals surface area contributed by atoms with E-state index < -0.39 is 14.6 Å². The van der Waals surface area contributed by atoms with Crippen LogP contribution in [0.25, 0.3) is 0 Å². The SMILES string of the molecule is Cc1nn(CCS(=O)(=O)C(C)(C)C)cc1CNCC(C)C. The smallest absolute Gasteiger partial charge is 0.157 e. The van der Waals surface area contributed by atoms with E-state index in [2.05, 4.69) is 24.3 Å². The van der Waals surface area contributed by atoms with E-state index >= 15 is 0 Å². The predicted octanol–water partition coefficient (Wildman–Crippen LogP) is 2.15. The maximum Gasteiger partial charge on any atom is 0.157 e. The number of rotatable bonds is 7. The zero-order valence-corrected chi connectivity index (χ0v) is 14.9. The number of nitrogens with one attached hydrogen (secondary N) is 1. The van der Waals surface area contributed by atoms with Gasteiger partial charge in [-0.15, -0.1) is 0 Å². The van der Waals surface area contributed by atoms with E-state index in [1.165, 1.54) is 0 Å². The Morgan fingerprint density at radius 3 is 2.48 bits per heavy atom. The quantitative estimate of drug-likeness (QED) is 0.837. The van der Waals surface area contributed by atoms with Gasteiger partial charge in [0.05, 0.1) is 22.7 Å². The van der Waals surface area contributed by atoms with Crippen LogP contribution in [-0.4, -0.2) is 35.2 Å². The summed E-state index contributed by atoms with van der Waals surface area (Å²) < 4.78 is 25.3. The standard InChI is InChI=1S/C15H29N3O2S/c1-12(2)9-16-10-14-11-18(17-13(14)3)7-8-21(19,20)15(4,5)6/h11-12,16H,7-10H2,1-6H3. The van der Waals surface area contributed by atoms with Crippen molar-refractivity contribution in [1.29, 1.82) is 0 Å². The molecular formula is C15H29N3O2S. The van der Waals surface area contributed by atoms with Gasteiger partial charge in [0.1, 0.15) is 0 Å². The van der Waals surface area contributed by atoms with Gasteiger partial charge in [0.15, 0.2) is 9.84 Å². The van der Waals surface area contributed by atoms with Crippen molar-refractivity contribution in [2.24, 2.45) is 5.92 Å². The molecule has 0 amide bonds. The molecule has 0 saturated heterocycles. The van der Waals surface area contributed by atoms with Crippen molar-refractivity contribution in [2.75, 3.05) is 12.3 Å². The van der Waals surface area contributed by atoms with Crippen LogP contribution < -0.4 is 5.32 Å². The van der Waals surface area contributed by atoms with Crippen LogP contribution in [0.4, 0.5) is 0 Å². The van der Waals surface area contributed by atoms with Crippen molar-refractivity contribution >= 4 is 9.84 Å². The van der Waals surface area contributed by atoms with Gasteiger partial charge >= 0.3 is 0 Å². The topological polar surface area (TPSA) is 64.0 Å². The third-order valence-corrected chi connectivity index (χ3v) is 6.02. The monoisotopic (exact) mass is 315 g/mol. The average Bonchev–Trinajstić information content (AvgIpc) is 2.66. The lowest BCUT2D eigenvalue weighted by Gasteiger charge is -2.18. The molecule has 0 atom stereocenters. The number of hydrogen-bond donors (Lipinski definition) is 1. The summed E-state index contributed by atoms with van der Waals surface area (Å²) in [6.07, 6.45) is 1.95. The van der Waals surface area contributed by atoms with Crippen molar-refractivity contribution in [3.05, 3.63) is 17.5 Å². The van der Waals surface area contributed by atoms with Gasteiger partial charge in [0.2, 0.25) is 0 Å². The third-order valence-electron chi connectivity index (χ3n) is 3.44. The summed E-state index contributed by atoms with van der Waals surface area (Å²) in [5.41, 5.74) is 2.09. The molecular weight excluding hydrogens is 286 g/mol. The molecule has 1 heterocycles. The normalized spacial score (nSPS) is 13.1. The number of aromatic nitrogens is 2. The first kappa shape index (κ1) is 18.2. The lowest BCUT2D eigenvalue weighted by Crippen LogP contribution is -2.32. The lowest BCUT2D eigenvalue weighted by atomic mass is 10.2. The van der Waals surface area contributed by atoms with Gasteiger partial charge in [-0.2, -0.15) is 5.10 Å². The molecule has 1 N–H and O–H groups in total. The summed E-state index contributed by atoms with van der Waals surface area (Å²) in [4.78, 5) is 0. The molecule has 5 nitrogen and oxygen atoms in total. The molecule has 0 saturated carbocycles. The van der Waals surface area contributed by atoms with Crippen molar-refractivity contribution in [1.82, 2.24) is 15.1 Å². The van der Waals surface area contributed by atoms with Crippen LogP contribution in [0.5, 0.6) is 0 Å². The van der Waals surface area contributed by atoms with E-state index in [9.17, 15) is 8.42 Å².